The molecule has 3 N–H and O–H groups in total. The van der Waals surface area contributed by atoms with E-state index in [1.807, 2.05) is 12.2 Å². The number of nitrogens with one attached hydrogen (secondary N) is 1. The number of hydrogen-bond donors (Lipinski definition) is 2. The standard InChI is InChI=1S/C21H23N3O6/c1-12(19(27)23-14-8-6-13(7-9-14)18(22)26)30-17(25)10-11-24-20(28)15-4-2-3-5-16(15)21(24)29/h2-3,6-9,12,15-16H,4-5,10-11H2,1H3,(H2,22,26)(H,23,27). The van der Waals surface area contributed by atoms with Crippen LogP contribution in [-0.2, 0) is 23.9 Å². The number of carbonyl (C=O) groups is 5. The average molecular weight is 413 g/mol. The molecule has 3 rings (SSSR count). The van der Waals surface area contributed by atoms with Crippen molar-refractivity contribution < 1.29 is 28.7 Å². The first kappa shape index (κ1) is 21.2. The summed E-state index contributed by atoms with van der Waals surface area (Å²) in [5.41, 5.74) is 5.87. The van der Waals surface area contributed by atoms with Gasteiger partial charge < -0.3 is 15.8 Å². The number of allylic oxidation sites excluding steroid dienone is 2. The molecule has 1 aromatic carbocycles. The molecule has 0 spiro atoms. The molecule has 0 aromatic heterocycles. The van der Waals surface area contributed by atoms with Crippen LogP contribution in [0.1, 0.15) is 36.5 Å². The van der Waals surface area contributed by atoms with E-state index in [2.05, 4.69) is 5.32 Å². The van der Waals surface area contributed by atoms with Crippen molar-refractivity contribution in [1.29, 1.82) is 0 Å². The minimum atomic E-state index is -1.08. The Morgan fingerprint density at radius 3 is 2.20 bits per heavy atom. The summed E-state index contributed by atoms with van der Waals surface area (Å²) in [6.45, 7) is 1.35. The number of carbonyl (C=O) groups excluding carboxylic acids is 5. The van der Waals surface area contributed by atoms with E-state index in [0.717, 1.165) is 4.90 Å². The van der Waals surface area contributed by atoms with Crippen molar-refractivity contribution in [3.05, 3.63) is 42.0 Å². The van der Waals surface area contributed by atoms with E-state index in [4.69, 9.17) is 10.5 Å². The molecule has 0 radical (unpaired) electrons. The van der Waals surface area contributed by atoms with Crippen LogP contribution in [0.4, 0.5) is 5.69 Å². The van der Waals surface area contributed by atoms with Crippen LogP contribution < -0.4 is 11.1 Å². The zero-order valence-electron chi connectivity index (χ0n) is 16.5. The van der Waals surface area contributed by atoms with Crippen LogP contribution in [0.25, 0.3) is 0 Å². The van der Waals surface area contributed by atoms with Gasteiger partial charge in [0.05, 0.1) is 18.3 Å². The number of nitrogens with two attached hydrogens (primary N) is 1. The smallest absolute Gasteiger partial charge is 0.308 e. The SMILES string of the molecule is CC(OC(=O)CCN1C(=O)C2CC=CCC2C1=O)C(=O)Nc1ccc(C(N)=O)cc1. The monoisotopic (exact) mass is 413 g/mol. The minimum absolute atomic E-state index is 0.0631. The van der Waals surface area contributed by atoms with Crippen LogP contribution in [0.15, 0.2) is 36.4 Å². The lowest BCUT2D eigenvalue weighted by atomic mass is 9.85. The number of likely N-dealkylation sites (tertiary alicyclic amines) is 1. The Bertz CT molecular complexity index is 882. The Balaban J connectivity index is 1.47. The second-order valence-electron chi connectivity index (χ2n) is 7.30. The van der Waals surface area contributed by atoms with Gasteiger partial charge in [0.25, 0.3) is 5.91 Å². The van der Waals surface area contributed by atoms with Gasteiger partial charge >= 0.3 is 5.97 Å². The summed E-state index contributed by atoms with van der Waals surface area (Å²) in [6.07, 6.45) is 3.60. The zero-order chi connectivity index (χ0) is 21.8. The van der Waals surface area contributed by atoms with Crippen molar-refractivity contribution in [3.8, 4) is 0 Å². The van der Waals surface area contributed by atoms with Crippen LogP contribution in [0.2, 0.25) is 0 Å². The highest BCUT2D eigenvalue weighted by atomic mass is 16.5. The Kier molecular flexibility index (Phi) is 6.29. The van der Waals surface area contributed by atoms with Gasteiger partial charge in [-0.2, -0.15) is 0 Å². The first-order valence-electron chi connectivity index (χ1n) is 9.68. The first-order valence-corrected chi connectivity index (χ1v) is 9.68. The summed E-state index contributed by atoms with van der Waals surface area (Å²) < 4.78 is 5.11. The number of amides is 4. The van der Waals surface area contributed by atoms with Crippen molar-refractivity contribution in [2.45, 2.75) is 32.3 Å². The molecule has 9 heteroatoms. The summed E-state index contributed by atoms with van der Waals surface area (Å²) in [4.78, 5) is 61.3. The molecule has 0 saturated carbocycles. The lowest BCUT2D eigenvalue weighted by Crippen LogP contribution is -2.35. The highest BCUT2D eigenvalue weighted by molar-refractivity contribution is 6.05. The second-order valence-corrected chi connectivity index (χ2v) is 7.30. The number of nitrogens with zero attached hydrogens (tertiary/aromatic N) is 1. The molecule has 1 aromatic rings. The highest BCUT2D eigenvalue weighted by Crippen LogP contribution is 2.35. The molecule has 3 atom stereocenters. The number of fused-ring (bicyclic) bond motifs is 1. The molecule has 9 nitrogen and oxygen atoms in total. The summed E-state index contributed by atoms with van der Waals surface area (Å²) in [5.74, 6) is -3.02. The lowest BCUT2D eigenvalue weighted by molar-refractivity contribution is -0.154. The number of primary amides is 1. The van der Waals surface area contributed by atoms with Gasteiger partial charge in [-0.25, -0.2) is 0 Å². The quantitative estimate of drug-likeness (QED) is 0.389. The summed E-state index contributed by atoms with van der Waals surface area (Å²) >= 11 is 0. The highest BCUT2D eigenvalue weighted by Gasteiger charge is 2.47. The number of rotatable bonds is 7. The number of hydrogen-bond acceptors (Lipinski definition) is 6. The van der Waals surface area contributed by atoms with E-state index < -0.39 is 23.9 Å². The zero-order valence-corrected chi connectivity index (χ0v) is 16.5. The lowest BCUT2D eigenvalue weighted by Gasteiger charge is -2.16. The first-order chi connectivity index (χ1) is 14.3. The number of anilines is 1. The third-order valence-electron chi connectivity index (χ3n) is 5.25. The molecule has 1 saturated heterocycles. The predicted molar refractivity (Wildman–Crippen MR) is 106 cm³/mol. The van der Waals surface area contributed by atoms with Crippen molar-refractivity contribution >= 4 is 35.3 Å². The molecule has 1 aliphatic carbocycles. The molecule has 3 unspecified atom stereocenters. The Morgan fingerprint density at radius 1 is 1.10 bits per heavy atom. The molecule has 30 heavy (non-hydrogen) atoms. The molecule has 158 valence electrons. The van der Waals surface area contributed by atoms with Gasteiger partial charge in [0.15, 0.2) is 6.10 Å². The summed E-state index contributed by atoms with van der Waals surface area (Å²) in [5, 5.41) is 2.56. The van der Waals surface area contributed by atoms with Gasteiger partial charge in [-0.05, 0) is 44.0 Å². The van der Waals surface area contributed by atoms with E-state index in [-0.39, 0.29) is 36.6 Å². The Labute approximate surface area is 173 Å². The molecular weight excluding hydrogens is 390 g/mol. The summed E-state index contributed by atoms with van der Waals surface area (Å²) in [7, 11) is 0. The van der Waals surface area contributed by atoms with Gasteiger partial charge in [-0.15, -0.1) is 0 Å². The minimum Gasteiger partial charge on any atom is -0.452 e. The number of esters is 1. The average Bonchev–Trinajstić information content (AvgIpc) is 2.97. The third kappa shape index (κ3) is 4.56. The summed E-state index contributed by atoms with van der Waals surface area (Å²) in [6, 6.07) is 5.94. The van der Waals surface area contributed by atoms with Crippen LogP contribution in [0.5, 0.6) is 0 Å². The Hall–Kier alpha value is -3.49. The molecule has 1 aliphatic heterocycles. The van der Waals surface area contributed by atoms with E-state index in [1.54, 1.807) is 0 Å². The molecular formula is C21H23N3O6. The van der Waals surface area contributed by atoms with Gasteiger partial charge in [-0.3, -0.25) is 28.9 Å². The fourth-order valence-corrected chi connectivity index (χ4v) is 3.56. The van der Waals surface area contributed by atoms with Crippen LogP contribution in [-0.4, -0.2) is 47.1 Å². The van der Waals surface area contributed by atoms with E-state index >= 15 is 0 Å². The van der Waals surface area contributed by atoms with Gasteiger partial charge in [0.2, 0.25) is 17.7 Å². The van der Waals surface area contributed by atoms with Gasteiger partial charge in [-0.1, -0.05) is 12.2 Å². The van der Waals surface area contributed by atoms with E-state index in [1.165, 1.54) is 31.2 Å². The van der Waals surface area contributed by atoms with Crippen molar-refractivity contribution in [1.82, 2.24) is 4.90 Å². The number of benzene rings is 1. The fraction of sp³-hybridized carbons (Fsp3) is 0.381. The second kappa shape index (κ2) is 8.89. The van der Waals surface area contributed by atoms with Crippen molar-refractivity contribution in [2.24, 2.45) is 17.6 Å². The van der Waals surface area contributed by atoms with Crippen molar-refractivity contribution in [2.75, 3.05) is 11.9 Å². The molecule has 4 amide bonds. The van der Waals surface area contributed by atoms with Crippen LogP contribution in [0.3, 0.4) is 0 Å². The van der Waals surface area contributed by atoms with Crippen LogP contribution in [0, 0.1) is 11.8 Å². The van der Waals surface area contributed by atoms with Gasteiger partial charge in [0, 0.05) is 17.8 Å². The van der Waals surface area contributed by atoms with Crippen molar-refractivity contribution in [3.63, 3.8) is 0 Å². The fourth-order valence-electron chi connectivity index (χ4n) is 3.56. The van der Waals surface area contributed by atoms with E-state index in [9.17, 15) is 24.0 Å². The molecule has 2 aliphatic rings. The predicted octanol–water partition coefficient (Wildman–Crippen LogP) is 0.997. The Morgan fingerprint density at radius 2 is 1.67 bits per heavy atom. The normalized spacial score (nSPS) is 21.2. The number of ether oxygens (including phenoxy) is 1. The largest absolute Gasteiger partial charge is 0.452 e. The maximum atomic E-state index is 12.4. The van der Waals surface area contributed by atoms with Crippen LogP contribution >= 0.6 is 0 Å². The maximum absolute atomic E-state index is 12.4. The molecule has 1 fully saturated rings. The maximum Gasteiger partial charge on any atom is 0.308 e. The third-order valence-corrected chi connectivity index (χ3v) is 5.25. The molecule has 0 bridgehead atoms. The van der Waals surface area contributed by atoms with Gasteiger partial charge in [0.1, 0.15) is 0 Å². The number of imide groups is 1. The van der Waals surface area contributed by atoms with E-state index in [0.29, 0.717) is 24.1 Å². The topological polar surface area (TPSA) is 136 Å². The molecule has 1 heterocycles.